The summed E-state index contributed by atoms with van der Waals surface area (Å²) in [5, 5.41) is 12.8. The minimum Gasteiger partial charge on any atom is -0.497 e. The number of carbonyl (C=O) groups excluding carboxylic acids is 2. The highest BCUT2D eigenvalue weighted by Crippen LogP contribution is 2.17. The van der Waals surface area contributed by atoms with Gasteiger partial charge in [-0.25, -0.2) is 0 Å². The maximum absolute atomic E-state index is 13.2. The molecule has 2 atom stereocenters. The first-order valence-electron chi connectivity index (χ1n) is 12.5. The minimum atomic E-state index is -0.863. The Bertz CT molecular complexity index is 884. The molecule has 1 aromatic heterocycles. The average molecular weight is 504 g/mol. The number of aliphatic hydroxyl groups excluding tert-OH is 1. The Morgan fingerprint density at radius 3 is 2.34 bits per heavy atom. The van der Waals surface area contributed by atoms with E-state index in [1.165, 1.54) is 0 Å². The number of ether oxygens (including phenoxy) is 1. The lowest BCUT2D eigenvalue weighted by Gasteiger charge is -2.28. The smallest absolute Gasteiger partial charge is 0.222 e. The predicted molar refractivity (Wildman–Crippen MR) is 141 cm³/mol. The first kappa shape index (κ1) is 28.8. The Balaban J connectivity index is 2.02. The summed E-state index contributed by atoms with van der Waals surface area (Å²) < 4.78 is 5.31. The van der Waals surface area contributed by atoms with Crippen LogP contribution in [0.4, 0.5) is 0 Å². The number of nitrogens with zero attached hydrogens (tertiary/aromatic N) is 2. The molecule has 0 saturated heterocycles. The molecule has 2 amide bonds. The zero-order valence-corrected chi connectivity index (χ0v) is 22.1. The maximum atomic E-state index is 13.2. The lowest BCUT2D eigenvalue weighted by Crippen LogP contribution is -2.46. The van der Waals surface area contributed by atoms with Crippen molar-refractivity contribution in [1.29, 1.82) is 0 Å². The van der Waals surface area contributed by atoms with E-state index in [-0.39, 0.29) is 24.8 Å². The molecule has 2 aromatic rings. The lowest BCUT2D eigenvalue weighted by atomic mass is 10.1. The molecule has 0 spiro atoms. The van der Waals surface area contributed by atoms with E-state index in [1.54, 1.807) is 23.3 Å². The van der Waals surface area contributed by atoms with Gasteiger partial charge in [0.2, 0.25) is 11.8 Å². The molecule has 2 rings (SSSR count). The van der Waals surface area contributed by atoms with Crippen molar-refractivity contribution in [3.05, 3.63) is 52.2 Å². The monoisotopic (exact) mass is 503 g/mol. The van der Waals surface area contributed by atoms with Gasteiger partial charge >= 0.3 is 0 Å². The number of hydrogen-bond donors (Lipinski definition) is 2. The van der Waals surface area contributed by atoms with Crippen molar-refractivity contribution in [3.63, 3.8) is 0 Å². The van der Waals surface area contributed by atoms with E-state index in [0.717, 1.165) is 36.4 Å². The molecule has 35 heavy (non-hydrogen) atoms. The molecule has 0 fully saturated rings. The van der Waals surface area contributed by atoms with Crippen molar-refractivity contribution < 1.29 is 19.4 Å². The van der Waals surface area contributed by atoms with Crippen LogP contribution in [0.25, 0.3) is 0 Å². The van der Waals surface area contributed by atoms with Crippen molar-refractivity contribution in [1.82, 2.24) is 9.80 Å². The lowest BCUT2D eigenvalue weighted by molar-refractivity contribution is -0.134. The predicted octanol–water partition coefficient (Wildman–Crippen LogP) is 3.84. The number of methoxy groups -OCH3 is 1. The SMILES string of the molecule is CCCN(CCC)C(=O)CCCC(=O)N(Cc1cccc(OC)c1)C[C@@H](O)[C@@H](N)Cc1cccs1. The third-order valence-electron chi connectivity index (χ3n) is 5.90. The maximum Gasteiger partial charge on any atom is 0.222 e. The zero-order chi connectivity index (χ0) is 25.6. The molecule has 0 radical (unpaired) electrons. The molecule has 8 heteroatoms. The molecule has 1 heterocycles. The molecule has 0 unspecified atom stereocenters. The van der Waals surface area contributed by atoms with E-state index in [2.05, 4.69) is 13.8 Å². The molecule has 0 saturated carbocycles. The highest BCUT2D eigenvalue weighted by atomic mass is 32.1. The van der Waals surface area contributed by atoms with Gasteiger partial charge < -0.3 is 25.4 Å². The molecule has 194 valence electrons. The number of amides is 2. The number of nitrogens with two attached hydrogens (primary N) is 1. The van der Waals surface area contributed by atoms with Gasteiger partial charge in [-0.3, -0.25) is 9.59 Å². The number of benzene rings is 1. The van der Waals surface area contributed by atoms with Crippen LogP contribution in [0.5, 0.6) is 5.75 Å². The van der Waals surface area contributed by atoms with Crippen LogP contribution >= 0.6 is 11.3 Å². The van der Waals surface area contributed by atoms with Gasteiger partial charge in [0.1, 0.15) is 5.75 Å². The zero-order valence-electron chi connectivity index (χ0n) is 21.3. The summed E-state index contributed by atoms with van der Waals surface area (Å²) in [6, 6.07) is 11.0. The molecule has 1 aromatic carbocycles. The fourth-order valence-corrected chi connectivity index (χ4v) is 4.79. The van der Waals surface area contributed by atoms with E-state index < -0.39 is 12.1 Å². The summed E-state index contributed by atoms with van der Waals surface area (Å²) in [5.41, 5.74) is 7.18. The molecule has 0 aliphatic carbocycles. The third kappa shape index (κ3) is 9.99. The summed E-state index contributed by atoms with van der Waals surface area (Å²) in [4.78, 5) is 30.4. The van der Waals surface area contributed by atoms with Crippen LogP contribution in [0.1, 0.15) is 56.4 Å². The van der Waals surface area contributed by atoms with Crippen molar-refractivity contribution in [3.8, 4) is 5.75 Å². The first-order valence-corrected chi connectivity index (χ1v) is 13.4. The van der Waals surface area contributed by atoms with Gasteiger partial charge in [0, 0.05) is 49.9 Å². The standard InChI is InChI=1S/C27H41N3O4S/c1-4-14-29(15-5-2)26(32)12-7-13-27(33)30(19-21-9-6-10-22(17-21)34-3)20-25(31)24(28)18-23-11-8-16-35-23/h6,8-11,16-17,24-25,31H,4-5,7,12-15,18-20,28H2,1-3H3/t24-,25+/m0/s1. The number of hydrogen-bond acceptors (Lipinski definition) is 6. The van der Waals surface area contributed by atoms with E-state index in [4.69, 9.17) is 10.5 Å². The van der Waals surface area contributed by atoms with Crippen molar-refractivity contribution in [2.24, 2.45) is 5.73 Å². The van der Waals surface area contributed by atoms with Gasteiger partial charge in [0.05, 0.1) is 13.2 Å². The van der Waals surface area contributed by atoms with Crippen molar-refractivity contribution in [2.75, 3.05) is 26.7 Å². The van der Waals surface area contributed by atoms with Crippen LogP contribution < -0.4 is 10.5 Å². The van der Waals surface area contributed by atoms with Gasteiger partial charge in [-0.2, -0.15) is 0 Å². The topological polar surface area (TPSA) is 96.1 Å². The summed E-state index contributed by atoms with van der Waals surface area (Å²) in [5.74, 6) is 0.710. The van der Waals surface area contributed by atoms with Gasteiger partial charge in [0.25, 0.3) is 0 Å². The van der Waals surface area contributed by atoms with Gasteiger partial charge in [-0.05, 0) is 54.8 Å². The Morgan fingerprint density at radius 2 is 1.74 bits per heavy atom. The third-order valence-corrected chi connectivity index (χ3v) is 6.80. The average Bonchev–Trinajstić information content (AvgIpc) is 3.36. The van der Waals surface area contributed by atoms with Gasteiger partial charge in [-0.15, -0.1) is 11.3 Å². The Morgan fingerprint density at radius 1 is 1.06 bits per heavy atom. The van der Waals surface area contributed by atoms with E-state index in [9.17, 15) is 14.7 Å². The number of thiophene rings is 1. The minimum absolute atomic E-state index is 0.0962. The fraction of sp³-hybridized carbons (Fsp3) is 0.556. The molecular formula is C27H41N3O4S. The quantitative estimate of drug-likeness (QED) is 0.363. The molecule has 7 nitrogen and oxygen atoms in total. The van der Waals surface area contributed by atoms with Gasteiger partial charge in [-0.1, -0.05) is 32.0 Å². The molecule has 0 bridgehead atoms. The van der Waals surface area contributed by atoms with E-state index in [0.29, 0.717) is 31.6 Å². The Kier molecular flexibility index (Phi) is 12.8. The second-order valence-corrected chi connectivity index (χ2v) is 9.91. The molecule has 0 aliphatic heterocycles. The normalized spacial score (nSPS) is 12.7. The Hall–Kier alpha value is -2.42. The van der Waals surface area contributed by atoms with Gasteiger partial charge in [0.15, 0.2) is 0 Å². The fourth-order valence-electron chi connectivity index (χ4n) is 4.01. The van der Waals surface area contributed by atoms with Crippen LogP contribution in [0.2, 0.25) is 0 Å². The number of carbonyl (C=O) groups is 2. The van der Waals surface area contributed by atoms with Crippen LogP contribution in [0.15, 0.2) is 41.8 Å². The second-order valence-electron chi connectivity index (χ2n) is 8.87. The number of rotatable bonds is 16. The molecule has 0 aliphatic rings. The largest absolute Gasteiger partial charge is 0.497 e. The molecule has 3 N–H and O–H groups in total. The summed E-state index contributed by atoms with van der Waals surface area (Å²) >= 11 is 1.60. The summed E-state index contributed by atoms with van der Waals surface area (Å²) in [6.45, 7) is 6.08. The second kappa shape index (κ2) is 15.5. The van der Waals surface area contributed by atoms with E-state index >= 15 is 0 Å². The summed E-state index contributed by atoms with van der Waals surface area (Å²) in [6.07, 6.45) is 2.60. The van der Waals surface area contributed by atoms with Crippen molar-refractivity contribution in [2.45, 2.75) is 71.1 Å². The van der Waals surface area contributed by atoms with E-state index in [1.807, 2.05) is 46.7 Å². The van der Waals surface area contributed by atoms with Crippen LogP contribution in [-0.2, 0) is 22.6 Å². The summed E-state index contributed by atoms with van der Waals surface area (Å²) in [7, 11) is 1.60. The van der Waals surface area contributed by atoms with Crippen molar-refractivity contribution >= 4 is 23.2 Å². The highest BCUT2D eigenvalue weighted by Gasteiger charge is 2.23. The number of aliphatic hydroxyl groups is 1. The Labute approximate surface area is 213 Å². The van der Waals surface area contributed by atoms with Crippen LogP contribution in [0, 0.1) is 0 Å². The molecular weight excluding hydrogens is 462 g/mol. The van der Waals surface area contributed by atoms with Crippen LogP contribution in [-0.4, -0.2) is 65.6 Å². The first-order chi connectivity index (χ1) is 16.9. The highest BCUT2D eigenvalue weighted by molar-refractivity contribution is 7.09. The van der Waals surface area contributed by atoms with Crippen LogP contribution in [0.3, 0.4) is 0 Å².